The molecule has 0 amide bonds. The first kappa shape index (κ1) is 12.1. The fourth-order valence-corrected chi connectivity index (χ4v) is 1.70. The summed E-state index contributed by atoms with van der Waals surface area (Å²) in [6.07, 6.45) is -0.306. The van der Waals surface area contributed by atoms with Gasteiger partial charge in [0.25, 0.3) is 0 Å². The number of aliphatic hydroxyl groups is 1. The van der Waals surface area contributed by atoms with Crippen LogP contribution in [-0.2, 0) is 6.54 Å². The number of fused-ring (bicyclic) bond motifs is 1. The van der Waals surface area contributed by atoms with Gasteiger partial charge in [0, 0.05) is 11.9 Å². The molecule has 2 N–H and O–H groups in total. The summed E-state index contributed by atoms with van der Waals surface area (Å²) < 4.78 is 5.67. The molecular formula is C14H19NO2. The Bertz CT molecular complexity index is 443. The molecule has 3 heteroatoms. The minimum absolute atomic E-state index is 0.276. The highest BCUT2D eigenvalue weighted by Gasteiger charge is 2.09. The fourth-order valence-electron chi connectivity index (χ4n) is 1.70. The molecule has 1 unspecified atom stereocenters. The molecule has 2 aromatic rings. The van der Waals surface area contributed by atoms with E-state index in [4.69, 9.17) is 4.42 Å². The van der Waals surface area contributed by atoms with Crippen molar-refractivity contribution in [1.82, 2.24) is 5.32 Å². The van der Waals surface area contributed by atoms with E-state index in [0.29, 0.717) is 13.1 Å². The van der Waals surface area contributed by atoms with E-state index >= 15 is 0 Å². The minimum atomic E-state index is -0.306. The second-order valence-electron chi connectivity index (χ2n) is 4.69. The Morgan fingerprint density at radius 2 is 2.06 bits per heavy atom. The number of rotatable bonds is 5. The summed E-state index contributed by atoms with van der Waals surface area (Å²) in [6, 6.07) is 9.99. The van der Waals surface area contributed by atoms with Crippen molar-refractivity contribution < 1.29 is 9.52 Å². The van der Waals surface area contributed by atoms with Crippen LogP contribution in [0.5, 0.6) is 0 Å². The number of furan rings is 1. The zero-order valence-electron chi connectivity index (χ0n) is 10.3. The summed E-state index contributed by atoms with van der Waals surface area (Å²) in [5.74, 6) is 1.18. The molecule has 1 aromatic carbocycles. The van der Waals surface area contributed by atoms with Crippen LogP contribution in [0, 0.1) is 5.92 Å². The number of benzene rings is 1. The van der Waals surface area contributed by atoms with Crippen LogP contribution in [0.25, 0.3) is 11.0 Å². The zero-order chi connectivity index (χ0) is 12.3. The maximum Gasteiger partial charge on any atom is 0.134 e. The molecular weight excluding hydrogens is 214 g/mol. The molecule has 17 heavy (non-hydrogen) atoms. The van der Waals surface area contributed by atoms with E-state index in [-0.39, 0.29) is 12.0 Å². The first-order valence-electron chi connectivity index (χ1n) is 6.03. The van der Waals surface area contributed by atoms with Gasteiger partial charge in [-0.3, -0.25) is 0 Å². The third-order valence-corrected chi connectivity index (χ3v) is 2.90. The lowest BCUT2D eigenvalue weighted by Gasteiger charge is -2.14. The van der Waals surface area contributed by atoms with Gasteiger partial charge in [-0.25, -0.2) is 0 Å². The molecule has 0 aliphatic rings. The van der Waals surface area contributed by atoms with Crippen LogP contribution >= 0.6 is 0 Å². The minimum Gasteiger partial charge on any atom is -0.460 e. The summed E-state index contributed by atoms with van der Waals surface area (Å²) >= 11 is 0. The van der Waals surface area contributed by atoms with Crippen molar-refractivity contribution >= 4 is 11.0 Å². The molecule has 0 aliphatic carbocycles. The number of hydrogen-bond donors (Lipinski definition) is 2. The van der Waals surface area contributed by atoms with E-state index in [1.165, 1.54) is 0 Å². The third-order valence-electron chi connectivity index (χ3n) is 2.90. The topological polar surface area (TPSA) is 45.4 Å². The first-order valence-corrected chi connectivity index (χ1v) is 6.03. The highest BCUT2D eigenvalue weighted by molar-refractivity contribution is 5.77. The number of para-hydroxylation sites is 1. The summed E-state index contributed by atoms with van der Waals surface area (Å²) in [4.78, 5) is 0. The number of hydrogen-bond acceptors (Lipinski definition) is 3. The lowest BCUT2D eigenvalue weighted by molar-refractivity contribution is 0.123. The van der Waals surface area contributed by atoms with Gasteiger partial charge in [0.1, 0.15) is 11.3 Å². The highest BCUT2D eigenvalue weighted by atomic mass is 16.3. The quantitative estimate of drug-likeness (QED) is 0.834. The van der Waals surface area contributed by atoms with E-state index in [0.717, 1.165) is 16.7 Å². The average Bonchev–Trinajstić information content (AvgIpc) is 2.71. The van der Waals surface area contributed by atoms with Crippen LogP contribution in [-0.4, -0.2) is 17.8 Å². The normalized spacial score (nSPS) is 13.4. The fraction of sp³-hybridized carbons (Fsp3) is 0.429. The zero-order valence-corrected chi connectivity index (χ0v) is 10.3. The van der Waals surface area contributed by atoms with E-state index in [9.17, 15) is 5.11 Å². The van der Waals surface area contributed by atoms with Crippen molar-refractivity contribution in [1.29, 1.82) is 0 Å². The first-order chi connectivity index (χ1) is 8.16. The van der Waals surface area contributed by atoms with Crippen LogP contribution in [0.2, 0.25) is 0 Å². The van der Waals surface area contributed by atoms with E-state index in [1.54, 1.807) is 0 Å². The second-order valence-corrected chi connectivity index (χ2v) is 4.69. The summed E-state index contributed by atoms with van der Waals surface area (Å²) in [5.41, 5.74) is 0.911. The molecule has 0 fully saturated rings. The van der Waals surface area contributed by atoms with Crippen LogP contribution < -0.4 is 5.32 Å². The van der Waals surface area contributed by atoms with Gasteiger partial charge < -0.3 is 14.8 Å². The van der Waals surface area contributed by atoms with E-state index in [1.807, 2.05) is 44.2 Å². The SMILES string of the molecule is CC(C)C(O)CNCc1cc2ccccc2o1. The maximum atomic E-state index is 9.65. The van der Waals surface area contributed by atoms with Gasteiger partial charge in [-0.15, -0.1) is 0 Å². The van der Waals surface area contributed by atoms with Gasteiger partial charge in [0.05, 0.1) is 12.6 Å². The standard InChI is InChI=1S/C14H19NO2/c1-10(2)13(16)9-15-8-12-7-11-5-3-4-6-14(11)17-12/h3-7,10,13,15-16H,8-9H2,1-2H3. The molecule has 1 aromatic heterocycles. The Hall–Kier alpha value is -1.32. The molecule has 1 heterocycles. The Morgan fingerprint density at radius 3 is 2.76 bits per heavy atom. The molecule has 2 rings (SSSR count). The summed E-state index contributed by atoms with van der Waals surface area (Å²) in [5, 5.41) is 14.0. The van der Waals surface area contributed by atoms with E-state index in [2.05, 4.69) is 5.32 Å². The molecule has 0 bridgehead atoms. The van der Waals surface area contributed by atoms with Gasteiger partial charge in [-0.2, -0.15) is 0 Å². The highest BCUT2D eigenvalue weighted by Crippen LogP contribution is 2.18. The Balaban J connectivity index is 1.91. The van der Waals surface area contributed by atoms with Crippen LogP contribution in [0.3, 0.4) is 0 Å². The molecule has 92 valence electrons. The van der Waals surface area contributed by atoms with Gasteiger partial charge in [-0.1, -0.05) is 32.0 Å². The van der Waals surface area contributed by atoms with Crippen molar-refractivity contribution in [3.05, 3.63) is 36.1 Å². The van der Waals surface area contributed by atoms with Crippen LogP contribution in [0.4, 0.5) is 0 Å². The summed E-state index contributed by atoms with van der Waals surface area (Å²) in [6.45, 7) is 5.26. The van der Waals surface area contributed by atoms with Gasteiger partial charge in [0.15, 0.2) is 0 Å². The predicted octanol–water partition coefficient (Wildman–Crippen LogP) is 2.54. The largest absolute Gasteiger partial charge is 0.460 e. The van der Waals surface area contributed by atoms with Gasteiger partial charge >= 0.3 is 0 Å². The van der Waals surface area contributed by atoms with Crippen molar-refractivity contribution in [2.24, 2.45) is 5.92 Å². The predicted molar refractivity (Wildman–Crippen MR) is 68.8 cm³/mol. The second kappa shape index (κ2) is 5.34. The Kier molecular flexibility index (Phi) is 3.82. The third kappa shape index (κ3) is 3.08. The average molecular weight is 233 g/mol. The van der Waals surface area contributed by atoms with Crippen molar-refractivity contribution in [3.8, 4) is 0 Å². The number of nitrogens with one attached hydrogen (secondary N) is 1. The van der Waals surface area contributed by atoms with Gasteiger partial charge in [0.2, 0.25) is 0 Å². The monoisotopic (exact) mass is 233 g/mol. The smallest absolute Gasteiger partial charge is 0.134 e. The molecule has 1 atom stereocenters. The molecule has 0 aliphatic heterocycles. The Labute approximate surface area is 101 Å². The maximum absolute atomic E-state index is 9.65. The molecule has 0 spiro atoms. The summed E-state index contributed by atoms with van der Waals surface area (Å²) in [7, 11) is 0. The van der Waals surface area contributed by atoms with Gasteiger partial charge in [-0.05, 0) is 18.1 Å². The molecule has 0 saturated carbocycles. The molecule has 0 radical (unpaired) electrons. The molecule has 0 saturated heterocycles. The van der Waals surface area contributed by atoms with Crippen molar-refractivity contribution in [2.75, 3.05) is 6.54 Å². The number of aliphatic hydroxyl groups excluding tert-OH is 1. The van der Waals surface area contributed by atoms with Crippen LogP contribution in [0.15, 0.2) is 34.7 Å². The Morgan fingerprint density at radius 1 is 1.29 bits per heavy atom. The van der Waals surface area contributed by atoms with E-state index < -0.39 is 0 Å². The van der Waals surface area contributed by atoms with Crippen molar-refractivity contribution in [2.45, 2.75) is 26.5 Å². The van der Waals surface area contributed by atoms with Crippen molar-refractivity contribution in [3.63, 3.8) is 0 Å². The van der Waals surface area contributed by atoms with Crippen LogP contribution in [0.1, 0.15) is 19.6 Å². The molecule has 3 nitrogen and oxygen atoms in total. The lowest BCUT2D eigenvalue weighted by Crippen LogP contribution is -2.30. The lowest BCUT2D eigenvalue weighted by atomic mass is 10.1.